The van der Waals surface area contributed by atoms with Gasteiger partial charge in [0.2, 0.25) is 0 Å². The number of benzene rings is 3. The summed E-state index contributed by atoms with van der Waals surface area (Å²) in [4.78, 5) is 0. The van der Waals surface area contributed by atoms with Crippen LogP contribution in [0.25, 0.3) is 21.5 Å². The second kappa shape index (κ2) is 4.16. The summed E-state index contributed by atoms with van der Waals surface area (Å²) in [6.45, 7) is 4.22. The summed E-state index contributed by atoms with van der Waals surface area (Å²) in [5.41, 5.74) is 1.13. The lowest BCUT2D eigenvalue weighted by Gasteiger charge is -2.13. The number of hydrogen-bond acceptors (Lipinski definition) is 2. The highest BCUT2D eigenvalue weighted by Crippen LogP contribution is 2.35. The predicted octanol–water partition coefficient (Wildman–Crippen LogP) is 4.53. The Morgan fingerprint density at radius 3 is 2.16 bits per heavy atom. The maximum atomic E-state index is 9.93. The summed E-state index contributed by atoms with van der Waals surface area (Å²) in [5, 5.41) is 23.7. The van der Waals surface area contributed by atoms with E-state index in [1.165, 1.54) is 0 Å². The van der Waals surface area contributed by atoms with Crippen LogP contribution in [0.2, 0.25) is 0 Å². The van der Waals surface area contributed by atoms with Gasteiger partial charge in [0.15, 0.2) is 0 Å². The lowest BCUT2D eigenvalue weighted by atomic mass is 9.92. The lowest BCUT2D eigenvalue weighted by molar-refractivity contribution is 0.474. The molecule has 3 aromatic rings. The fourth-order valence-corrected chi connectivity index (χ4v) is 2.64. The molecule has 0 aromatic heterocycles. The average Bonchev–Trinajstić information content (AvgIpc) is 2.37. The van der Waals surface area contributed by atoms with E-state index in [4.69, 9.17) is 0 Å². The van der Waals surface area contributed by atoms with Crippen LogP contribution in [-0.4, -0.2) is 10.2 Å². The van der Waals surface area contributed by atoms with Crippen LogP contribution in [-0.2, 0) is 0 Å². The summed E-state index contributed by atoms with van der Waals surface area (Å²) in [7, 11) is 0. The zero-order valence-corrected chi connectivity index (χ0v) is 11.0. The van der Waals surface area contributed by atoms with Gasteiger partial charge in [-0.05, 0) is 57.3 Å². The van der Waals surface area contributed by atoms with Crippen molar-refractivity contribution < 1.29 is 10.2 Å². The lowest BCUT2D eigenvalue weighted by Crippen LogP contribution is -1.90. The van der Waals surface area contributed by atoms with Crippen molar-refractivity contribution in [1.82, 2.24) is 0 Å². The zero-order chi connectivity index (χ0) is 13.6. The Balaban J connectivity index is 2.51. The van der Waals surface area contributed by atoms with E-state index in [1.54, 1.807) is 18.2 Å². The molecule has 3 aromatic carbocycles. The van der Waals surface area contributed by atoms with Gasteiger partial charge < -0.3 is 10.2 Å². The number of aromatic hydroxyl groups is 2. The molecule has 0 fully saturated rings. The molecule has 0 heterocycles. The van der Waals surface area contributed by atoms with Crippen LogP contribution in [0.4, 0.5) is 0 Å². The Hall–Kier alpha value is -2.22. The quantitative estimate of drug-likeness (QED) is 0.625. The minimum absolute atomic E-state index is 0.245. The minimum Gasteiger partial charge on any atom is -0.508 e. The van der Waals surface area contributed by atoms with Crippen LogP contribution < -0.4 is 0 Å². The molecule has 0 radical (unpaired) electrons. The van der Waals surface area contributed by atoms with Crippen molar-refractivity contribution in [3.63, 3.8) is 0 Å². The van der Waals surface area contributed by atoms with Crippen LogP contribution in [0, 0.1) is 0 Å². The van der Waals surface area contributed by atoms with Crippen molar-refractivity contribution in [2.75, 3.05) is 0 Å². The molecule has 0 atom stereocenters. The topological polar surface area (TPSA) is 40.5 Å². The maximum Gasteiger partial charge on any atom is 0.116 e. The van der Waals surface area contributed by atoms with Gasteiger partial charge in [-0.3, -0.25) is 0 Å². The maximum absolute atomic E-state index is 9.93. The molecule has 0 unspecified atom stereocenters. The summed E-state index contributed by atoms with van der Waals surface area (Å²) in [6.07, 6.45) is 0. The summed E-state index contributed by atoms with van der Waals surface area (Å²) in [5.74, 6) is 0.853. The average molecular weight is 252 g/mol. The molecule has 2 heteroatoms. The molecule has 0 saturated carbocycles. The first-order valence-electron chi connectivity index (χ1n) is 6.44. The monoisotopic (exact) mass is 252 g/mol. The van der Waals surface area contributed by atoms with E-state index in [2.05, 4.69) is 26.0 Å². The molecule has 0 bridgehead atoms. The molecule has 0 amide bonds. The normalized spacial score (nSPS) is 11.5. The van der Waals surface area contributed by atoms with Gasteiger partial charge in [0.1, 0.15) is 11.5 Å². The van der Waals surface area contributed by atoms with Gasteiger partial charge in [0.25, 0.3) is 0 Å². The van der Waals surface area contributed by atoms with Crippen molar-refractivity contribution in [2.45, 2.75) is 19.8 Å². The van der Waals surface area contributed by atoms with E-state index in [0.717, 1.165) is 27.1 Å². The van der Waals surface area contributed by atoms with Crippen molar-refractivity contribution >= 4 is 21.5 Å². The van der Waals surface area contributed by atoms with Crippen LogP contribution in [0.1, 0.15) is 25.3 Å². The van der Waals surface area contributed by atoms with Crippen molar-refractivity contribution in [3.05, 3.63) is 48.0 Å². The first kappa shape index (κ1) is 11.8. The zero-order valence-electron chi connectivity index (χ0n) is 11.0. The van der Waals surface area contributed by atoms with Crippen molar-refractivity contribution in [3.8, 4) is 11.5 Å². The third-order valence-corrected chi connectivity index (χ3v) is 3.58. The number of fused-ring (bicyclic) bond motifs is 3. The highest BCUT2D eigenvalue weighted by molar-refractivity contribution is 6.09. The van der Waals surface area contributed by atoms with Gasteiger partial charge in [-0.1, -0.05) is 32.0 Å². The molecule has 0 aliphatic heterocycles. The molecule has 96 valence electrons. The third-order valence-electron chi connectivity index (χ3n) is 3.58. The standard InChI is InChI=1S/C17H16O2/c1-10(2)15-8-13(19)9-17-14(15)6-4-11-3-5-12(18)7-16(11)17/h3-10,18-19H,1-2H3. The second-order valence-electron chi connectivity index (χ2n) is 5.26. The molecule has 2 nitrogen and oxygen atoms in total. The minimum atomic E-state index is 0.245. The Morgan fingerprint density at radius 2 is 1.42 bits per heavy atom. The van der Waals surface area contributed by atoms with Gasteiger partial charge in [-0.25, -0.2) is 0 Å². The number of rotatable bonds is 1. The van der Waals surface area contributed by atoms with Crippen LogP contribution in [0.3, 0.4) is 0 Å². The Bertz CT molecular complexity index is 773. The molecule has 3 rings (SSSR count). The number of phenols is 2. The van der Waals surface area contributed by atoms with Gasteiger partial charge in [0.05, 0.1) is 0 Å². The summed E-state index contributed by atoms with van der Waals surface area (Å²) in [6, 6.07) is 13.1. The van der Waals surface area contributed by atoms with E-state index in [-0.39, 0.29) is 11.5 Å². The van der Waals surface area contributed by atoms with Crippen LogP contribution >= 0.6 is 0 Å². The second-order valence-corrected chi connectivity index (χ2v) is 5.26. The number of phenolic OH excluding ortho intramolecular Hbond substituents is 2. The number of hydrogen-bond donors (Lipinski definition) is 2. The first-order valence-corrected chi connectivity index (χ1v) is 6.44. The fraction of sp³-hybridized carbons (Fsp3) is 0.176. The van der Waals surface area contributed by atoms with Gasteiger partial charge in [-0.15, -0.1) is 0 Å². The van der Waals surface area contributed by atoms with Crippen LogP contribution in [0.5, 0.6) is 11.5 Å². The Morgan fingerprint density at radius 1 is 0.737 bits per heavy atom. The van der Waals surface area contributed by atoms with Crippen molar-refractivity contribution in [2.24, 2.45) is 0 Å². The Kier molecular flexibility index (Phi) is 2.59. The molecule has 2 N–H and O–H groups in total. The van der Waals surface area contributed by atoms with Gasteiger partial charge in [-0.2, -0.15) is 0 Å². The van der Waals surface area contributed by atoms with E-state index in [9.17, 15) is 10.2 Å². The smallest absolute Gasteiger partial charge is 0.116 e. The molecule has 0 spiro atoms. The molecule has 19 heavy (non-hydrogen) atoms. The molecular formula is C17H16O2. The van der Waals surface area contributed by atoms with E-state index >= 15 is 0 Å². The predicted molar refractivity (Wildman–Crippen MR) is 78.9 cm³/mol. The molecule has 0 aliphatic carbocycles. The summed E-state index contributed by atoms with van der Waals surface area (Å²) < 4.78 is 0. The highest BCUT2D eigenvalue weighted by Gasteiger charge is 2.10. The van der Waals surface area contributed by atoms with E-state index in [0.29, 0.717) is 5.92 Å². The SMILES string of the molecule is CC(C)c1cc(O)cc2c1ccc1ccc(O)cc12. The molecular weight excluding hydrogens is 236 g/mol. The van der Waals surface area contributed by atoms with Gasteiger partial charge >= 0.3 is 0 Å². The molecule has 0 saturated heterocycles. The van der Waals surface area contributed by atoms with Crippen LogP contribution in [0.15, 0.2) is 42.5 Å². The van der Waals surface area contributed by atoms with E-state index in [1.807, 2.05) is 12.1 Å². The van der Waals surface area contributed by atoms with Crippen molar-refractivity contribution in [1.29, 1.82) is 0 Å². The van der Waals surface area contributed by atoms with Gasteiger partial charge in [0, 0.05) is 0 Å². The molecule has 0 aliphatic rings. The first-order chi connectivity index (χ1) is 9.06. The Labute approximate surface area is 111 Å². The fourth-order valence-electron chi connectivity index (χ4n) is 2.64. The summed E-state index contributed by atoms with van der Waals surface area (Å²) >= 11 is 0. The largest absolute Gasteiger partial charge is 0.508 e. The highest BCUT2D eigenvalue weighted by atomic mass is 16.3. The van der Waals surface area contributed by atoms with E-state index < -0.39 is 0 Å². The third kappa shape index (κ3) is 1.89.